The number of hydrogen-bond donors (Lipinski definition) is 1. The highest BCUT2D eigenvalue weighted by Gasteiger charge is 2.17. The van der Waals surface area contributed by atoms with Crippen molar-refractivity contribution in [2.24, 2.45) is 0 Å². The summed E-state index contributed by atoms with van der Waals surface area (Å²) in [5.41, 5.74) is 0. The molecule has 0 radical (unpaired) electrons. The van der Waals surface area contributed by atoms with Crippen LogP contribution in [-0.4, -0.2) is 29.0 Å². The van der Waals surface area contributed by atoms with Gasteiger partial charge in [-0.15, -0.1) is 11.3 Å². The molecule has 2 amide bonds. The third kappa shape index (κ3) is 3.20. The third-order valence-electron chi connectivity index (χ3n) is 2.51. The van der Waals surface area contributed by atoms with E-state index in [4.69, 9.17) is 0 Å². The van der Waals surface area contributed by atoms with Crippen LogP contribution in [0.25, 0.3) is 0 Å². The fraction of sp³-hybridized carbons (Fsp3) is 0.636. The molecular formula is C11H19N3OS. The summed E-state index contributed by atoms with van der Waals surface area (Å²) < 4.78 is 0. The van der Waals surface area contributed by atoms with Crippen LogP contribution in [-0.2, 0) is 0 Å². The Morgan fingerprint density at radius 3 is 2.62 bits per heavy atom. The van der Waals surface area contributed by atoms with Crippen molar-refractivity contribution in [1.29, 1.82) is 0 Å². The van der Waals surface area contributed by atoms with Gasteiger partial charge in [-0.1, -0.05) is 6.92 Å². The van der Waals surface area contributed by atoms with E-state index < -0.39 is 0 Å². The summed E-state index contributed by atoms with van der Waals surface area (Å²) in [5.74, 6) is 0. The second-order valence-electron chi connectivity index (χ2n) is 3.45. The molecule has 0 aliphatic rings. The molecule has 1 heterocycles. The molecule has 0 spiro atoms. The van der Waals surface area contributed by atoms with Gasteiger partial charge in [0.1, 0.15) is 5.01 Å². The first kappa shape index (κ1) is 13.0. The van der Waals surface area contributed by atoms with Gasteiger partial charge in [0.25, 0.3) is 0 Å². The van der Waals surface area contributed by atoms with Crippen molar-refractivity contribution in [3.63, 3.8) is 0 Å². The fourth-order valence-electron chi connectivity index (χ4n) is 1.50. The molecule has 1 rings (SSSR count). The van der Waals surface area contributed by atoms with E-state index in [1.165, 1.54) is 0 Å². The Morgan fingerprint density at radius 2 is 2.19 bits per heavy atom. The maximum atomic E-state index is 11.9. The van der Waals surface area contributed by atoms with Crippen LogP contribution in [0.1, 0.15) is 38.2 Å². The zero-order chi connectivity index (χ0) is 12.0. The zero-order valence-electron chi connectivity index (χ0n) is 10.1. The van der Waals surface area contributed by atoms with E-state index in [0.29, 0.717) is 0 Å². The molecule has 0 aliphatic carbocycles. The van der Waals surface area contributed by atoms with Crippen LogP contribution in [0.5, 0.6) is 0 Å². The van der Waals surface area contributed by atoms with E-state index >= 15 is 0 Å². The summed E-state index contributed by atoms with van der Waals surface area (Å²) in [6, 6.07) is 0.0279. The van der Waals surface area contributed by atoms with Crippen LogP contribution in [0.2, 0.25) is 0 Å². The van der Waals surface area contributed by atoms with E-state index in [1.54, 1.807) is 22.4 Å². The number of nitrogens with zero attached hydrogens (tertiary/aromatic N) is 2. The Hall–Kier alpha value is -1.10. The SMILES string of the molecule is CCC(NC(=O)N(CC)CC)c1nccs1. The Balaban J connectivity index is 2.60. The quantitative estimate of drug-likeness (QED) is 0.861. The van der Waals surface area contributed by atoms with Gasteiger partial charge in [-0.05, 0) is 20.3 Å². The number of aromatic nitrogens is 1. The second kappa shape index (κ2) is 6.48. The van der Waals surface area contributed by atoms with Gasteiger partial charge in [0, 0.05) is 24.7 Å². The minimum Gasteiger partial charge on any atom is -0.329 e. The highest BCUT2D eigenvalue weighted by molar-refractivity contribution is 7.09. The summed E-state index contributed by atoms with van der Waals surface area (Å²) in [5, 5.41) is 5.91. The van der Waals surface area contributed by atoms with Gasteiger partial charge in [-0.3, -0.25) is 0 Å². The standard InChI is InChI=1S/C11H19N3OS/c1-4-9(10-12-7-8-16-10)13-11(15)14(5-2)6-3/h7-9H,4-6H2,1-3H3,(H,13,15). The summed E-state index contributed by atoms with van der Waals surface area (Å²) >= 11 is 1.58. The zero-order valence-corrected chi connectivity index (χ0v) is 10.9. The molecule has 0 fully saturated rings. The van der Waals surface area contributed by atoms with Crippen molar-refractivity contribution in [2.45, 2.75) is 33.2 Å². The van der Waals surface area contributed by atoms with Crippen molar-refractivity contribution >= 4 is 17.4 Å². The Labute approximate surface area is 101 Å². The van der Waals surface area contributed by atoms with Crippen LogP contribution in [0, 0.1) is 0 Å². The van der Waals surface area contributed by atoms with Crippen molar-refractivity contribution in [3.8, 4) is 0 Å². The van der Waals surface area contributed by atoms with Crippen LogP contribution in [0.3, 0.4) is 0 Å². The predicted molar refractivity (Wildman–Crippen MR) is 66.6 cm³/mol. The Kier molecular flexibility index (Phi) is 5.25. The molecule has 0 aliphatic heterocycles. The lowest BCUT2D eigenvalue weighted by Gasteiger charge is -2.22. The molecule has 0 bridgehead atoms. The average molecular weight is 241 g/mol. The number of carbonyl (C=O) groups is 1. The van der Waals surface area contributed by atoms with E-state index in [1.807, 2.05) is 19.2 Å². The van der Waals surface area contributed by atoms with E-state index in [-0.39, 0.29) is 12.1 Å². The molecule has 1 atom stereocenters. The Morgan fingerprint density at radius 1 is 1.50 bits per heavy atom. The first-order chi connectivity index (χ1) is 7.72. The van der Waals surface area contributed by atoms with Gasteiger partial charge >= 0.3 is 6.03 Å². The predicted octanol–water partition coefficient (Wildman–Crippen LogP) is 2.65. The first-order valence-corrected chi connectivity index (χ1v) is 6.55. The molecule has 1 aromatic heterocycles. The number of amides is 2. The third-order valence-corrected chi connectivity index (χ3v) is 3.40. The lowest BCUT2D eigenvalue weighted by atomic mass is 10.2. The number of carbonyl (C=O) groups excluding carboxylic acids is 1. The lowest BCUT2D eigenvalue weighted by molar-refractivity contribution is 0.198. The van der Waals surface area contributed by atoms with E-state index in [9.17, 15) is 4.79 Å². The van der Waals surface area contributed by atoms with Crippen molar-refractivity contribution in [1.82, 2.24) is 15.2 Å². The van der Waals surface area contributed by atoms with Gasteiger partial charge < -0.3 is 10.2 Å². The lowest BCUT2D eigenvalue weighted by Crippen LogP contribution is -2.41. The normalized spacial score (nSPS) is 12.2. The first-order valence-electron chi connectivity index (χ1n) is 5.67. The fourth-order valence-corrected chi connectivity index (χ4v) is 2.27. The number of hydrogen-bond acceptors (Lipinski definition) is 3. The number of nitrogens with one attached hydrogen (secondary N) is 1. The summed E-state index contributed by atoms with van der Waals surface area (Å²) in [4.78, 5) is 17.9. The smallest absolute Gasteiger partial charge is 0.317 e. The Bertz CT molecular complexity index is 309. The molecule has 5 heteroatoms. The average Bonchev–Trinajstić information content (AvgIpc) is 2.81. The van der Waals surface area contributed by atoms with Gasteiger partial charge in [0.05, 0.1) is 6.04 Å². The number of rotatable bonds is 5. The van der Waals surface area contributed by atoms with Gasteiger partial charge in [-0.2, -0.15) is 0 Å². The minimum absolute atomic E-state index is 0.00736. The number of urea groups is 1. The highest BCUT2D eigenvalue weighted by atomic mass is 32.1. The van der Waals surface area contributed by atoms with Crippen LogP contribution in [0.15, 0.2) is 11.6 Å². The van der Waals surface area contributed by atoms with Crippen LogP contribution >= 0.6 is 11.3 Å². The molecule has 0 saturated carbocycles. The molecule has 1 unspecified atom stereocenters. The number of thiazole rings is 1. The molecule has 90 valence electrons. The topological polar surface area (TPSA) is 45.2 Å². The molecule has 4 nitrogen and oxygen atoms in total. The molecular weight excluding hydrogens is 222 g/mol. The largest absolute Gasteiger partial charge is 0.329 e. The molecule has 1 N–H and O–H groups in total. The van der Waals surface area contributed by atoms with E-state index in [2.05, 4.69) is 17.2 Å². The van der Waals surface area contributed by atoms with Gasteiger partial charge in [-0.25, -0.2) is 9.78 Å². The summed E-state index contributed by atoms with van der Waals surface area (Å²) in [6.07, 6.45) is 2.63. The highest BCUT2D eigenvalue weighted by Crippen LogP contribution is 2.18. The summed E-state index contributed by atoms with van der Waals surface area (Å²) in [7, 11) is 0. The minimum atomic E-state index is -0.00736. The van der Waals surface area contributed by atoms with E-state index in [0.717, 1.165) is 24.5 Å². The van der Waals surface area contributed by atoms with Crippen LogP contribution in [0.4, 0.5) is 4.79 Å². The maximum Gasteiger partial charge on any atom is 0.317 e. The van der Waals surface area contributed by atoms with Crippen LogP contribution < -0.4 is 5.32 Å². The van der Waals surface area contributed by atoms with Crippen molar-refractivity contribution in [3.05, 3.63) is 16.6 Å². The molecule has 16 heavy (non-hydrogen) atoms. The maximum absolute atomic E-state index is 11.9. The molecule has 1 aromatic rings. The van der Waals surface area contributed by atoms with Gasteiger partial charge in [0.15, 0.2) is 0 Å². The molecule has 0 aromatic carbocycles. The monoisotopic (exact) mass is 241 g/mol. The van der Waals surface area contributed by atoms with Crippen molar-refractivity contribution in [2.75, 3.05) is 13.1 Å². The molecule has 0 saturated heterocycles. The van der Waals surface area contributed by atoms with Gasteiger partial charge in [0.2, 0.25) is 0 Å². The summed E-state index contributed by atoms with van der Waals surface area (Å²) in [6.45, 7) is 7.47. The van der Waals surface area contributed by atoms with Crippen molar-refractivity contribution < 1.29 is 4.79 Å². The second-order valence-corrected chi connectivity index (χ2v) is 4.38.